The fraction of sp³-hybridized carbons (Fsp3) is 0.294. The van der Waals surface area contributed by atoms with Crippen LogP contribution in [0.5, 0.6) is 0 Å². The van der Waals surface area contributed by atoms with Gasteiger partial charge in [-0.2, -0.15) is 0 Å². The first-order valence-corrected chi connectivity index (χ1v) is 6.87. The molecule has 1 atom stereocenters. The molecule has 0 heterocycles. The SMILES string of the molecule is Cc1cc(C)cc(N(C)CC(N)c2ccc(F)c(F)c2)c1. The smallest absolute Gasteiger partial charge is 0.159 e. The van der Waals surface area contributed by atoms with E-state index in [2.05, 4.69) is 18.2 Å². The number of rotatable bonds is 4. The maximum atomic E-state index is 13.3. The standard InChI is InChI=1S/C17H20F2N2/c1-11-6-12(2)8-14(7-11)21(3)10-17(20)13-4-5-15(18)16(19)9-13/h4-9,17H,10,20H2,1-3H3. The lowest BCUT2D eigenvalue weighted by molar-refractivity contribution is 0.505. The molecule has 0 aliphatic heterocycles. The van der Waals surface area contributed by atoms with E-state index in [0.29, 0.717) is 12.1 Å². The van der Waals surface area contributed by atoms with Crippen molar-refractivity contribution in [3.05, 3.63) is 64.7 Å². The second-order valence-corrected chi connectivity index (χ2v) is 5.51. The van der Waals surface area contributed by atoms with E-state index >= 15 is 0 Å². The van der Waals surface area contributed by atoms with Crippen molar-refractivity contribution >= 4 is 5.69 Å². The van der Waals surface area contributed by atoms with Crippen molar-refractivity contribution in [3.8, 4) is 0 Å². The number of hydrogen-bond acceptors (Lipinski definition) is 2. The maximum absolute atomic E-state index is 13.3. The molecular formula is C17H20F2N2. The van der Waals surface area contributed by atoms with E-state index in [1.165, 1.54) is 17.2 Å². The minimum Gasteiger partial charge on any atom is -0.373 e. The Morgan fingerprint density at radius 2 is 1.62 bits per heavy atom. The molecule has 2 nitrogen and oxygen atoms in total. The number of likely N-dealkylation sites (N-methyl/N-ethyl adjacent to an activating group) is 1. The lowest BCUT2D eigenvalue weighted by Gasteiger charge is -2.24. The fourth-order valence-corrected chi connectivity index (χ4v) is 2.42. The van der Waals surface area contributed by atoms with Gasteiger partial charge in [-0.05, 0) is 54.8 Å². The van der Waals surface area contributed by atoms with E-state index in [1.54, 1.807) is 0 Å². The Morgan fingerprint density at radius 3 is 2.19 bits per heavy atom. The monoisotopic (exact) mass is 290 g/mol. The molecule has 0 aliphatic rings. The van der Waals surface area contributed by atoms with E-state index in [1.807, 2.05) is 25.8 Å². The number of nitrogens with two attached hydrogens (primary N) is 1. The molecule has 1 unspecified atom stereocenters. The predicted octanol–water partition coefficient (Wildman–Crippen LogP) is 3.72. The van der Waals surface area contributed by atoms with Crippen molar-refractivity contribution in [2.75, 3.05) is 18.5 Å². The van der Waals surface area contributed by atoms with Crippen molar-refractivity contribution in [1.29, 1.82) is 0 Å². The van der Waals surface area contributed by atoms with Crippen LogP contribution < -0.4 is 10.6 Å². The van der Waals surface area contributed by atoms with Crippen molar-refractivity contribution in [3.63, 3.8) is 0 Å². The normalized spacial score (nSPS) is 12.3. The zero-order valence-electron chi connectivity index (χ0n) is 12.5. The Morgan fingerprint density at radius 1 is 1.00 bits per heavy atom. The van der Waals surface area contributed by atoms with Crippen molar-refractivity contribution < 1.29 is 8.78 Å². The molecule has 0 aromatic heterocycles. The van der Waals surface area contributed by atoms with Gasteiger partial charge in [0.15, 0.2) is 11.6 Å². The fourth-order valence-electron chi connectivity index (χ4n) is 2.42. The first kappa shape index (κ1) is 15.4. The largest absolute Gasteiger partial charge is 0.373 e. The molecule has 0 saturated heterocycles. The molecule has 2 aromatic carbocycles. The molecule has 2 aromatic rings. The van der Waals surface area contributed by atoms with E-state index < -0.39 is 11.6 Å². The zero-order chi connectivity index (χ0) is 15.6. The quantitative estimate of drug-likeness (QED) is 0.930. The van der Waals surface area contributed by atoms with E-state index in [-0.39, 0.29) is 6.04 Å². The third kappa shape index (κ3) is 3.79. The molecule has 0 aliphatic carbocycles. The van der Waals surface area contributed by atoms with Crippen molar-refractivity contribution in [2.24, 2.45) is 5.73 Å². The molecule has 2 N–H and O–H groups in total. The average Bonchev–Trinajstić information content (AvgIpc) is 2.40. The molecule has 0 saturated carbocycles. The zero-order valence-corrected chi connectivity index (χ0v) is 12.5. The van der Waals surface area contributed by atoms with E-state index in [9.17, 15) is 8.78 Å². The molecule has 0 radical (unpaired) electrons. The summed E-state index contributed by atoms with van der Waals surface area (Å²) in [4.78, 5) is 2.02. The topological polar surface area (TPSA) is 29.3 Å². The summed E-state index contributed by atoms with van der Waals surface area (Å²) in [6.45, 7) is 4.60. The van der Waals surface area contributed by atoms with Gasteiger partial charge in [0.05, 0.1) is 0 Å². The van der Waals surface area contributed by atoms with Crippen LogP contribution in [0.3, 0.4) is 0 Å². The van der Waals surface area contributed by atoms with Gasteiger partial charge >= 0.3 is 0 Å². The van der Waals surface area contributed by atoms with Gasteiger partial charge in [0.1, 0.15) is 0 Å². The predicted molar refractivity (Wildman–Crippen MR) is 82.5 cm³/mol. The molecular weight excluding hydrogens is 270 g/mol. The summed E-state index contributed by atoms with van der Waals surface area (Å²) >= 11 is 0. The van der Waals surface area contributed by atoms with Crippen LogP contribution in [-0.4, -0.2) is 13.6 Å². The summed E-state index contributed by atoms with van der Waals surface area (Å²) < 4.78 is 26.2. The summed E-state index contributed by atoms with van der Waals surface area (Å²) in [6, 6.07) is 9.67. The molecule has 0 bridgehead atoms. The number of aryl methyl sites for hydroxylation is 2. The summed E-state index contributed by atoms with van der Waals surface area (Å²) in [5.41, 5.74) is 10.1. The Kier molecular flexibility index (Phi) is 4.58. The molecule has 0 fully saturated rings. The third-order valence-corrected chi connectivity index (χ3v) is 3.49. The Bertz CT molecular complexity index is 620. The van der Waals surface area contributed by atoms with Crippen LogP contribution in [0.25, 0.3) is 0 Å². The Labute approximate surface area is 124 Å². The van der Waals surface area contributed by atoms with Gasteiger partial charge in [-0.25, -0.2) is 8.78 Å². The summed E-state index contributed by atoms with van der Waals surface area (Å²) in [6.07, 6.45) is 0. The summed E-state index contributed by atoms with van der Waals surface area (Å²) in [5.74, 6) is -1.72. The van der Waals surface area contributed by atoms with E-state index in [0.717, 1.165) is 17.8 Å². The van der Waals surface area contributed by atoms with Gasteiger partial charge in [-0.3, -0.25) is 0 Å². The van der Waals surface area contributed by atoms with Crippen LogP contribution >= 0.6 is 0 Å². The lowest BCUT2D eigenvalue weighted by atomic mass is 10.1. The highest BCUT2D eigenvalue weighted by atomic mass is 19.2. The summed E-state index contributed by atoms with van der Waals surface area (Å²) in [5, 5.41) is 0. The number of anilines is 1. The van der Waals surface area contributed by atoms with Crippen molar-refractivity contribution in [1.82, 2.24) is 0 Å². The first-order chi connectivity index (χ1) is 9.86. The van der Waals surface area contributed by atoms with Gasteiger partial charge < -0.3 is 10.6 Å². The highest BCUT2D eigenvalue weighted by Crippen LogP contribution is 2.21. The first-order valence-electron chi connectivity index (χ1n) is 6.87. The van der Waals surface area contributed by atoms with Crippen LogP contribution in [-0.2, 0) is 0 Å². The molecule has 0 spiro atoms. The number of nitrogens with zero attached hydrogens (tertiary/aromatic N) is 1. The van der Waals surface area contributed by atoms with Crippen LogP contribution in [0.1, 0.15) is 22.7 Å². The Hall–Kier alpha value is -1.94. The van der Waals surface area contributed by atoms with Crippen molar-refractivity contribution in [2.45, 2.75) is 19.9 Å². The van der Waals surface area contributed by atoms with Crippen LogP contribution in [0.15, 0.2) is 36.4 Å². The van der Waals surface area contributed by atoms with Gasteiger partial charge in [-0.1, -0.05) is 12.1 Å². The highest BCUT2D eigenvalue weighted by molar-refractivity contribution is 5.50. The Balaban J connectivity index is 2.14. The van der Waals surface area contributed by atoms with Gasteiger partial charge in [0.2, 0.25) is 0 Å². The van der Waals surface area contributed by atoms with Gasteiger partial charge in [0.25, 0.3) is 0 Å². The molecule has 2 rings (SSSR count). The second kappa shape index (κ2) is 6.22. The third-order valence-electron chi connectivity index (χ3n) is 3.49. The average molecular weight is 290 g/mol. The molecule has 0 amide bonds. The number of halogens is 2. The highest BCUT2D eigenvalue weighted by Gasteiger charge is 2.13. The van der Waals surface area contributed by atoms with Crippen LogP contribution in [0.2, 0.25) is 0 Å². The van der Waals surface area contributed by atoms with E-state index in [4.69, 9.17) is 5.73 Å². The number of hydrogen-bond donors (Lipinski definition) is 1. The second-order valence-electron chi connectivity index (χ2n) is 5.51. The molecule has 4 heteroatoms. The summed E-state index contributed by atoms with van der Waals surface area (Å²) in [7, 11) is 1.94. The minimum absolute atomic E-state index is 0.383. The minimum atomic E-state index is -0.864. The molecule has 112 valence electrons. The van der Waals surface area contributed by atoms with Crippen LogP contribution in [0, 0.1) is 25.5 Å². The van der Waals surface area contributed by atoms with Crippen LogP contribution in [0.4, 0.5) is 14.5 Å². The lowest BCUT2D eigenvalue weighted by Crippen LogP contribution is -2.29. The number of benzene rings is 2. The maximum Gasteiger partial charge on any atom is 0.159 e. The molecule has 21 heavy (non-hydrogen) atoms. The van der Waals surface area contributed by atoms with Gasteiger partial charge in [-0.15, -0.1) is 0 Å². The van der Waals surface area contributed by atoms with Gasteiger partial charge in [0, 0.05) is 25.3 Å².